The first-order valence-electron chi connectivity index (χ1n) is 5.86. The summed E-state index contributed by atoms with van der Waals surface area (Å²) in [5.74, 6) is 0.0668. The van der Waals surface area contributed by atoms with E-state index >= 15 is 0 Å². The number of amides is 1. The van der Waals surface area contributed by atoms with Gasteiger partial charge in [-0.05, 0) is 18.4 Å². The predicted octanol–water partition coefficient (Wildman–Crippen LogP) is 1.52. The van der Waals surface area contributed by atoms with Gasteiger partial charge in [-0.25, -0.2) is 0 Å². The van der Waals surface area contributed by atoms with Gasteiger partial charge in [0.05, 0.1) is 6.42 Å². The van der Waals surface area contributed by atoms with E-state index in [0.29, 0.717) is 19.5 Å². The highest BCUT2D eigenvalue weighted by atomic mass is 32.1. The first-order chi connectivity index (χ1) is 8.58. The Bertz CT molecular complexity index is 403. The van der Waals surface area contributed by atoms with E-state index in [1.807, 2.05) is 31.4 Å². The van der Waals surface area contributed by atoms with E-state index in [-0.39, 0.29) is 17.7 Å². The summed E-state index contributed by atoms with van der Waals surface area (Å²) < 4.78 is 0. The standard InChI is InChI=1S/C12H19N3O2S/c1-3-15(8-9(2)12(13)14-17)11(16)7-10-5-4-6-18-10/h4-6,9,17H,3,7-8H2,1-2H3,(H2,13,14). The zero-order valence-corrected chi connectivity index (χ0v) is 11.5. The summed E-state index contributed by atoms with van der Waals surface area (Å²) in [7, 11) is 0. The van der Waals surface area contributed by atoms with Gasteiger partial charge in [0, 0.05) is 23.9 Å². The molecule has 100 valence electrons. The third-order valence-electron chi connectivity index (χ3n) is 2.75. The van der Waals surface area contributed by atoms with Crippen molar-refractivity contribution in [2.45, 2.75) is 20.3 Å². The molecule has 1 aromatic rings. The summed E-state index contributed by atoms with van der Waals surface area (Å²) in [6, 6.07) is 3.88. The molecule has 0 aliphatic carbocycles. The number of rotatable bonds is 6. The lowest BCUT2D eigenvalue weighted by Gasteiger charge is -2.23. The van der Waals surface area contributed by atoms with Crippen molar-refractivity contribution in [2.24, 2.45) is 16.8 Å². The monoisotopic (exact) mass is 269 g/mol. The van der Waals surface area contributed by atoms with Gasteiger partial charge in [-0.1, -0.05) is 18.1 Å². The highest BCUT2D eigenvalue weighted by molar-refractivity contribution is 7.10. The molecule has 1 atom stereocenters. The fourth-order valence-corrected chi connectivity index (χ4v) is 2.30. The second kappa shape index (κ2) is 7.00. The molecule has 6 heteroatoms. The van der Waals surface area contributed by atoms with Crippen LogP contribution in [0, 0.1) is 5.92 Å². The Labute approximate surface area is 111 Å². The lowest BCUT2D eigenvalue weighted by atomic mass is 10.1. The Morgan fingerprint density at radius 1 is 1.67 bits per heavy atom. The van der Waals surface area contributed by atoms with Gasteiger partial charge in [-0.3, -0.25) is 4.79 Å². The van der Waals surface area contributed by atoms with Gasteiger partial charge in [0.15, 0.2) is 0 Å². The smallest absolute Gasteiger partial charge is 0.227 e. The molecule has 1 aromatic heterocycles. The second-order valence-corrected chi connectivity index (χ2v) is 5.15. The normalized spacial score (nSPS) is 13.3. The van der Waals surface area contributed by atoms with E-state index in [2.05, 4.69) is 5.16 Å². The Morgan fingerprint density at radius 2 is 2.39 bits per heavy atom. The van der Waals surface area contributed by atoms with Crippen LogP contribution in [0.25, 0.3) is 0 Å². The maximum Gasteiger partial charge on any atom is 0.227 e. The van der Waals surface area contributed by atoms with Crippen molar-refractivity contribution in [1.29, 1.82) is 0 Å². The van der Waals surface area contributed by atoms with Crippen molar-refractivity contribution >= 4 is 23.1 Å². The first kappa shape index (κ1) is 14.5. The average Bonchev–Trinajstić information content (AvgIpc) is 2.87. The van der Waals surface area contributed by atoms with Crippen molar-refractivity contribution in [3.8, 4) is 0 Å². The topological polar surface area (TPSA) is 78.9 Å². The number of nitrogens with two attached hydrogens (primary N) is 1. The summed E-state index contributed by atoms with van der Waals surface area (Å²) >= 11 is 1.57. The van der Waals surface area contributed by atoms with Crippen LogP contribution >= 0.6 is 11.3 Å². The largest absolute Gasteiger partial charge is 0.409 e. The zero-order valence-electron chi connectivity index (χ0n) is 10.7. The lowest BCUT2D eigenvalue weighted by molar-refractivity contribution is -0.130. The molecule has 0 fully saturated rings. The van der Waals surface area contributed by atoms with Crippen LogP contribution in [0.5, 0.6) is 0 Å². The Hall–Kier alpha value is -1.56. The van der Waals surface area contributed by atoms with Gasteiger partial charge in [-0.2, -0.15) is 0 Å². The minimum atomic E-state index is -0.151. The molecule has 5 nitrogen and oxygen atoms in total. The summed E-state index contributed by atoms with van der Waals surface area (Å²) in [4.78, 5) is 14.9. The Kier molecular flexibility index (Phi) is 5.64. The van der Waals surface area contributed by atoms with Crippen LogP contribution in [0.4, 0.5) is 0 Å². The summed E-state index contributed by atoms with van der Waals surface area (Å²) in [5.41, 5.74) is 5.52. The molecule has 0 aromatic carbocycles. The second-order valence-electron chi connectivity index (χ2n) is 4.11. The number of thiophene rings is 1. The van der Waals surface area contributed by atoms with E-state index in [1.54, 1.807) is 16.2 Å². The molecule has 0 aliphatic rings. The molecule has 1 unspecified atom stereocenters. The van der Waals surface area contributed by atoms with Gasteiger partial charge >= 0.3 is 0 Å². The van der Waals surface area contributed by atoms with Gasteiger partial charge in [0.2, 0.25) is 5.91 Å². The van der Waals surface area contributed by atoms with Crippen LogP contribution in [0.3, 0.4) is 0 Å². The van der Waals surface area contributed by atoms with Gasteiger partial charge in [-0.15, -0.1) is 11.3 Å². The average molecular weight is 269 g/mol. The van der Waals surface area contributed by atoms with Gasteiger partial charge in [0.1, 0.15) is 5.84 Å². The number of carbonyl (C=O) groups is 1. The van der Waals surface area contributed by atoms with Crippen LogP contribution in [-0.2, 0) is 11.2 Å². The summed E-state index contributed by atoms with van der Waals surface area (Å²) in [6.45, 7) is 4.84. The van der Waals surface area contributed by atoms with E-state index in [4.69, 9.17) is 10.9 Å². The summed E-state index contributed by atoms with van der Waals surface area (Å²) in [6.07, 6.45) is 0.411. The Balaban J connectivity index is 2.57. The molecule has 3 N–H and O–H groups in total. The molecular formula is C12H19N3O2S. The van der Waals surface area contributed by atoms with Crippen LogP contribution in [0.1, 0.15) is 18.7 Å². The third-order valence-corrected chi connectivity index (χ3v) is 3.63. The highest BCUT2D eigenvalue weighted by Crippen LogP contribution is 2.11. The van der Waals surface area contributed by atoms with E-state index < -0.39 is 0 Å². The molecule has 0 spiro atoms. The molecule has 18 heavy (non-hydrogen) atoms. The molecular weight excluding hydrogens is 250 g/mol. The molecule has 1 heterocycles. The van der Waals surface area contributed by atoms with Crippen LogP contribution < -0.4 is 5.73 Å². The fraction of sp³-hybridized carbons (Fsp3) is 0.500. The van der Waals surface area contributed by atoms with Crippen LogP contribution in [-0.4, -0.2) is 34.9 Å². The third kappa shape index (κ3) is 4.03. The SMILES string of the molecule is CCN(CC(C)C(N)=NO)C(=O)Cc1cccs1. The zero-order chi connectivity index (χ0) is 13.5. The van der Waals surface area contributed by atoms with Crippen LogP contribution in [0.2, 0.25) is 0 Å². The van der Waals surface area contributed by atoms with E-state index in [0.717, 1.165) is 4.88 Å². The molecule has 0 saturated heterocycles. The van der Waals surface area contributed by atoms with Crippen molar-refractivity contribution < 1.29 is 10.0 Å². The number of likely N-dealkylation sites (N-methyl/N-ethyl adjacent to an activating group) is 1. The number of hydrogen-bond acceptors (Lipinski definition) is 4. The molecule has 1 amide bonds. The maximum atomic E-state index is 12.1. The quantitative estimate of drug-likeness (QED) is 0.356. The lowest BCUT2D eigenvalue weighted by Crippen LogP contribution is -2.39. The number of hydrogen-bond donors (Lipinski definition) is 2. The van der Waals surface area contributed by atoms with E-state index in [1.165, 1.54) is 0 Å². The highest BCUT2D eigenvalue weighted by Gasteiger charge is 2.17. The van der Waals surface area contributed by atoms with Crippen molar-refractivity contribution in [3.63, 3.8) is 0 Å². The molecule has 0 radical (unpaired) electrons. The minimum Gasteiger partial charge on any atom is -0.409 e. The van der Waals surface area contributed by atoms with Crippen molar-refractivity contribution in [3.05, 3.63) is 22.4 Å². The molecule has 1 rings (SSSR count). The number of amidine groups is 1. The molecule has 0 aliphatic heterocycles. The molecule has 0 bridgehead atoms. The number of carbonyl (C=O) groups excluding carboxylic acids is 1. The predicted molar refractivity (Wildman–Crippen MR) is 72.8 cm³/mol. The molecule has 0 saturated carbocycles. The van der Waals surface area contributed by atoms with Gasteiger partial charge in [0.25, 0.3) is 0 Å². The van der Waals surface area contributed by atoms with Gasteiger partial charge < -0.3 is 15.8 Å². The van der Waals surface area contributed by atoms with Crippen molar-refractivity contribution in [1.82, 2.24) is 4.90 Å². The van der Waals surface area contributed by atoms with Crippen LogP contribution in [0.15, 0.2) is 22.7 Å². The fourth-order valence-electron chi connectivity index (χ4n) is 1.60. The number of nitrogens with zero attached hydrogens (tertiary/aromatic N) is 2. The minimum absolute atomic E-state index is 0.0672. The number of oxime groups is 1. The maximum absolute atomic E-state index is 12.1. The van der Waals surface area contributed by atoms with Crippen molar-refractivity contribution in [2.75, 3.05) is 13.1 Å². The summed E-state index contributed by atoms with van der Waals surface area (Å²) in [5, 5.41) is 13.5. The Morgan fingerprint density at radius 3 is 2.89 bits per heavy atom. The van der Waals surface area contributed by atoms with E-state index in [9.17, 15) is 4.79 Å². The first-order valence-corrected chi connectivity index (χ1v) is 6.74.